The third kappa shape index (κ3) is 4.02. The monoisotopic (exact) mass is 319 g/mol. The Bertz CT molecular complexity index is 437. The van der Waals surface area contributed by atoms with Crippen molar-refractivity contribution in [3.05, 3.63) is 33.3 Å². The molecule has 0 aromatic heterocycles. The average molecular weight is 321 g/mol. The van der Waals surface area contributed by atoms with Gasteiger partial charge in [-0.25, -0.2) is 0 Å². The first-order valence-corrected chi connectivity index (χ1v) is 6.11. The zero-order valence-corrected chi connectivity index (χ0v) is 11.5. The molecule has 17 heavy (non-hydrogen) atoms. The van der Waals surface area contributed by atoms with Crippen molar-refractivity contribution in [3.8, 4) is 0 Å². The summed E-state index contributed by atoms with van der Waals surface area (Å²) in [5.74, 6) is -0.892. The lowest BCUT2D eigenvalue weighted by Crippen LogP contribution is -2.30. The molecular formula is C11H11BrClNO3. The number of nitrogens with one attached hydrogen (secondary N) is 1. The molecule has 6 heteroatoms. The molecule has 0 aliphatic carbocycles. The average Bonchev–Trinajstić information content (AvgIpc) is 2.30. The van der Waals surface area contributed by atoms with Crippen LogP contribution >= 0.6 is 27.5 Å². The van der Waals surface area contributed by atoms with E-state index in [-0.39, 0.29) is 13.2 Å². The molecule has 1 aromatic rings. The van der Waals surface area contributed by atoms with E-state index < -0.39 is 11.9 Å². The predicted molar refractivity (Wildman–Crippen MR) is 68.1 cm³/mol. The maximum Gasteiger partial charge on any atom is 0.325 e. The highest BCUT2D eigenvalue weighted by Gasteiger charge is 2.13. The molecule has 4 nitrogen and oxygen atoms in total. The number of carbonyl (C=O) groups excluding carboxylic acids is 2. The molecule has 0 saturated heterocycles. The van der Waals surface area contributed by atoms with Crippen molar-refractivity contribution < 1.29 is 14.3 Å². The molecule has 0 aliphatic heterocycles. The van der Waals surface area contributed by atoms with Gasteiger partial charge in [-0.3, -0.25) is 9.59 Å². The molecule has 0 bridgehead atoms. The molecule has 0 fully saturated rings. The van der Waals surface area contributed by atoms with Crippen molar-refractivity contribution in [2.75, 3.05) is 13.2 Å². The molecule has 0 spiro atoms. The maximum atomic E-state index is 11.7. The number of benzene rings is 1. The Labute approximate surface area is 112 Å². The third-order valence-corrected chi connectivity index (χ3v) is 3.19. The lowest BCUT2D eigenvalue weighted by molar-refractivity contribution is -0.141. The molecule has 0 radical (unpaired) electrons. The van der Waals surface area contributed by atoms with Crippen molar-refractivity contribution in [1.29, 1.82) is 0 Å². The van der Waals surface area contributed by atoms with Crippen LogP contribution in [0.3, 0.4) is 0 Å². The van der Waals surface area contributed by atoms with E-state index in [4.69, 9.17) is 11.6 Å². The van der Waals surface area contributed by atoms with Gasteiger partial charge in [0.15, 0.2) is 0 Å². The molecule has 0 heterocycles. The van der Waals surface area contributed by atoms with Crippen LogP contribution < -0.4 is 5.32 Å². The number of rotatable bonds is 4. The number of ether oxygens (including phenoxy) is 1. The van der Waals surface area contributed by atoms with Crippen molar-refractivity contribution in [3.63, 3.8) is 0 Å². The Morgan fingerprint density at radius 2 is 2.18 bits per heavy atom. The second-order valence-electron chi connectivity index (χ2n) is 3.09. The maximum absolute atomic E-state index is 11.7. The lowest BCUT2D eigenvalue weighted by Gasteiger charge is -2.07. The van der Waals surface area contributed by atoms with Crippen LogP contribution in [0.1, 0.15) is 17.3 Å². The van der Waals surface area contributed by atoms with Gasteiger partial charge in [-0.15, -0.1) is 0 Å². The number of halogens is 2. The lowest BCUT2D eigenvalue weighted by atomic mass is 10.2. The Hall–Kier alpha value is -1.07. The Morgan fingerprint density at radius 3 is 2.82 bits per heavy atom. The first-order valence-electron chi connectivity index (χ1n) is 4.94. The van der Waals surface area contributed by atoms with Crippen LogP contribution in [0.15, 0.2) is 22.7 Å². The van der Waals surface area contributed by atoms with Crippen LogP contribution in [0.4, 0.5) is 0 Å². The number of hydrogen-bond donors (Lipinski definition) is 1. The van der Waals surface area contributed by atoms with Gasteiger partial charge in [-0.1, -0.05) is 17.7 Å². The van der Waals surface area contributed by atoms with Crippen LogP contribution in [-0.2, 0) is 9.53 Å². The molecule has 92 valence electrons. The van der Waals surface area contributed by atoms with Gasteiger partial charge < -0.3 is 10.1 Å². The SMILES string of the molecule is CCOC(=O)CNC(=O)c1cccc(Br)c1Cl. The number of carbonyl (C=O) groups is 2. The summed E-state index contributed by atoms with van der Waals surface area (Å²) in [6.45, 7) is 1.81. The summed E-state index contributed by atoms with van der Waals surface area (Å²) in [6, 6.07) is 4.99. The minimum Gasteiger partial charge on any atom is -0.465 e. The van der Waals surface area contributed by atoms with Gasteiger partial charge in [0, 0.05) is 4.47 Å². The fourth-order valence-electron chi connectivity index (χ4n) is 1.14. The summed E-state index contributed by atoms with van der Waals surface area (Å²) in [5.41, 5.74) is 0.311. The molecule has 1 rings (SSSR count). The quantitative estimate of drug-likeness (QED) is 0.867. The fourth-order valence-corrected chi connectivity index (χ4v) is 1.72. The second kappa shape index (κ2) is 6.61. The van der Waals surface area contributed by atoms with Crippen molar-refractivity contribution in [2.24, 2.45) is 0 Å². The van der Waals surface area contributed by atoms with Crippen LogP contribution in [0.5, 0.6) is 0 Å². The van der Waals surface area contributed by atoms with E-state index in [9.17, 15) is 9.59 Å². The summed E-state index contributed by atoms with van der Waals surface area (Å²) < 4.78 is 5.31. The highest BCUT2D eigenvalue weighted by atomic mass is 79.9. The third-order valence-electron chi connectivity index (χ3n) is 1.89. The van der Waals surface area contributed by atoms with E-state index in [1.54, 1.807) is 25.1 Å². The van der Waals surface area contributed by atoms with Gasteiger partial charge in [0.1, 0.15) is 6.54 Å². The number of amides is 1. The Kier molecular flexibility index (Phi) is 5.44. The normalized spacial score (nSPS) is 9.82. The minimum absolute atomic E-state index is 0.171. The summed E-state index contributed by atoms with van der Waals surface area (Å²) >= 11 is 9.16. The highest BCUT2D eigenvalue weighted by molar-refractivity contribution is 9.10. The molecule has 0 saturated carbocycles. The van der Waals surface area contributed by atoms with Crippen LogP contribution in [-0.4, -0.2) is 25.0 Å². The van der Waals surface area contributed by atoms with Gasteiger partial charge in [0.25, 0.3) is 5.91 Å². The van der Waals surface area contributed by atoms with E-state index in [0.29, 0.717) is 15.1 Å². The Morgan fingerprint density at radius 1 is 1.47 bits per heavy atom. The topological polar surface area (TPSA) is 55.4 Å². The van der Waals surface area contributed by atoms with Crippen LogP contribution in [0.2, 0.25) is 5.02 Å². The number of esters is 1. The summed E-state index contributed by atoms with van der Waals surface area (Å²) in [4.78, 5) is 22.8. The van der Waals surface area contributed by atoms with Crippen LogP contribution in [0.25, 0.3) is 0 Å². The Balaban J connectivity index is 2.64. The van der Waals surface area contributed by atoms with E-state index in [0.717, 1.165) is 0 Å². The van der Waals surface area contributed by atoms with E-state index >= 15 is 0 Å². The molecule has 0 aliphatic rings. The standard InChI is InChI=1S/C11H11BrClNO3/c1-2-17-9(15)6-14-11(16)7-4-3-5-8(12)10(7)13/h3-5H,2,6H2,1H3,(H,14,16). The molecule has 1 aromatic carbocycles. The fraction of sp³-hybridized carbons (Fsp3) is 0.273. The summed E-state index contributed by atoms with van der Waals surface area (Å²) in [6.07, 6.45) is 0. The van der Waals surface area contributed by atoms with E-state index in [2.05, 4.69) is 26.0 Å². The van der Waals surface area contributed by atoms with Gasteiger partial charge in [-0.2, -0.15) is 0 Å². The smallest absolute Gasteiger partial charge is 0.325 e. The molecule has 0 unspecified atom stereocenters. The van der Waals surface area contributed by atoms with E-state index in [1.807, 2.05) is 0 Å². The zero-order chi connectivity index (χ0) is 12.8. The summed E-state index contributed by atoms with van der Waals surface area (Å²) in [7, 11) is 0. The van der Waals surface area contributed by atoms with Crippen molar-refractivity contribution in [2.45, 2.75) is 6.92 Å². The van der Waals surface area contributed by atoms with Crippen molar-refractivity contribution >= 4 is 39.4 Å². The molecule has 1 amide bonds. The number of hydrogen-bond acceptors (Lipinski definition) is 3. The van der Waals surface area contributed by atoms with Crippen LogP contribution in [0, 0.1) is 0 Å². The highest BCUT2D eigenvalue weighted by Crippen LogP contribution is 2.25. The van der Waals surface area contributed by atoms with Crippen molar-refractivity contribution in [1.82, 2.24) is 5.32 Å². The van der Waals surface area contributed by atoms with Gasteiger partial charge >= 0.3 is 5.97 Å². The zero-order valence-electron chi connectivity index (χ0n) is 9.13. The predicted octanol–water partition coefficient (Wildman–Crippen LogP) is 2.40. The van der Waals surface area contributed by atoms with Gasteiger partial charge in [-0.05, 0) is 35.0 Å². The summed E-state index contributed by atoms with van der Waals surface area (Å²) in [5, 5.41) is 2.75. The largest absolute Gasteiger partial charge is 0.465 e. The molecule has 1 N–H and O–H groups in total. The van der Waals surface area contributed by atoms with Gasteiger partial charge in [0.05, 0.1) is 17.2 Å². The molecule has 0 atom stereocenters. The van der Waals surface area contributed by atoms with E-state index in [1.165, 1.54) is 0 Å². The second-order valence-corrected chi connectivity index (χ2v) is 4.32. The first-order chi connectivity index (χ1) is 8.06. The van der Waals surface area contributed by atoms with Gasteiger partial charge in [0.2, 0.25) is 0 Å². The molecular weight excluding hydrogens is 309 g/mol. The minimum atomic E-state index is -0.480. The first kappa shape index (κ1) is 14.0.